The first-order valence-electron chi connectivity index (χ1n) is 6.99. The van der Waals surface area contributed by atoms with E-state index in [2.05, 4.69) is 10.6 Å². The molecular formula is C14H21N3O3S. The molecule has 21 heavy (non-hydrogen) atoms. The van der Waals surface area contributed by atoms with Crippen molar-refractivity contribution in [3.8, 4) is 0 Å². The molecule has 0 saturated carbocycles. The van der Waals surface area contributed by atoms with E-state index < -0.39 is 10.0 Å². The van der Waals surface area contributed by atoms with Crippen molar-refractivity contribution in [3.05, 3.63) is 23.8 Å². The molecule has 0 radical (unpaired) electrons. The van der Waals surface area contributed by atoms with Gasteiger partial charge >= 0.3 is 0 Å². The summed E-state index contributed by atoms with van der Waals surface area (Å²) in [6.45, 7) is 2.97. The van der Waals surface area contributed by atoms with Gasteiger partial charge < -0.3 is 10.6 Å². The Morgan fingerprint density at radius 1 is 1.38 bits per heavy atom. The SMILES string of the molecule is CNCCC(=O)Nc1ccc(C)c(N2CCCS2(=O)=O)c1. The number of carbonyl (C=O) groups is 1. The second kappa shape index (κ2) is 6.44. The van der Waals surface area contributed by atoms with Crippen molar-refractivity contribution in [2.24, 2.45) is 0 Å². The topological polar surface area (TPSA) is 78.5 Å². The van der Waals surface area contributed by atoms with Gasteiger partial charge in [0.25, 0.3) is 0 Å². The number of benzene rings is 1. The van der Waals surface area contributed by atoms with Gasteiger partial charge in [0.05, 0.1) is 11.4 Å². The van der Waals surface area contributed by atoms with E-state index in [0.717, 1.165) is 5.56 Å². The third kappa shape index (κ3) is 3.74. The van der Waals surface area contributed by atoms with Crippen LogP contribution in [0.25, 0.3) is 0 Å². The Morgan fingerprint density at radius 2 is 2.14 bits per heavy atom. The fourth-order valence-electron chi connectivity index (χ4n) is 2.33. The molecule has 0 aliphatic carbocycles. The number of nitrogens with zero attached hydrogens (tertiary/aromatic N) is 1. The molecule has 7 heteroatoms. The lowest BCUT2D eigenvalue weighted by atomic mass is 10.1. The number of aryl methyl sites for hydroxylation is 1. The first kappa shape index (κ1) is 15.8. The molecule has 0 unspecified atom stereocenters. The van der Waals surface area contributed by atoms with Gasteiger partial charge in [-0.2, -0.15) is 0 Å². The van der Waals surface area contributed by atoms with Gasteiger partial charge in [0.15, 0.2) is 0 Å². The Kier molecular flexibility index (Phi) is 4.84. The van der Waals surface area contributed by atoms with Crippen LogP contribution in [-0.2, 0) is 14.8 Å². The summed E-state index contributed by atoms with van der Waals surface area (Å²) < 4.78 is 25.5. The molecule has 1 heterocycles. The van der Waals surface area contributed by atoms with Gasteiger partial charge in [-0.25, -0.2) is 8.42 Å². The van der Waals surface area contributed by atoms with Crippen molar-refractivity contribution in [2.45, 2.75) is 19.8 Å². The highest BCUT2D eigenvalue weighted by molar-refractivity contribution is 7.93. The number of hydrogen-bond acceptors (Lipinski definition) is 4. The van der Waals surface area contributed by atoms with Crippen LogP contribution in [-0.4, -0.2) is 40.2 Å². The molecule has 2 rings (SSSR count). The smallest absolute Gasteiger partial charge is 0.235 e. The minimum Gasteiger partial charge on any atom is -0.326 e. The average molecular weight is 311 g/mol. The second-order valence-corrected chi connectivity index (χ2v) is 7.16. The van der Waals surface area contributed by atoms with E-state index in [1.54, 1.807) is 19.2 Å². The monoisotopic (exact) mass is 311 g/mol. The van der Waals surface area contributed by atoms with Crippen molar-refractivity contribution >= 4 is 27.3 Å². The number of sulfonamides is 1. The van der Waals surface area contributed by atoms with Crippen molar-refractivity contribution in [2.75, 3.05) is 35.5 Å². The molecule has 0 bridgehead atoms. The maximum atomic E-state index is 12.0. The minimum absolute atomic E-state index is 0.0940. The van der Waals surface area contributed by atoms with Gasteiger partial charge in [-0.1, -0.05) is 6.07 Å². The number of amides is 1. The molecule has 0 atom stereocenters. The predicted molar refractivity (Wildman–Crippen MR) is 84.1 cm³/mol. The number of anilines is 2. The van der Waals surface area contributed by atoms with Crippen LogP contribution in [0.15, 0.2) is 18.2 Å². The van der Waals surface area contributed by atoms with Crippen LogP contribution in [0.2, 0.25) is 0 Å². The zero-order chi connectivity index (χ0) is 15.5. The summed E-state index contributed by atoms with van der Waals surface area (Å²) in [6, 6.07) is 5.35. The Morgan fingerprint density at radius 3 is 2.76 bits per heavy atom. The minimum atomic E-state index is -3.21. The molecule has 0 aromatic heterocycles. The highest BCUT2D eigenvalue weighted by Gasteiger charge is 2.29. The van der Waals surface area contributed by atoms with Crippen LogP contribution >= 0.6 is 0 Å². The van der Waals surface area contributed by atoms with E-state index in [4.69, 9.17) is 0 Å². The summed E-state index contributed by atoms with van der Waals surface area (Å²) in [5.41, 5.74) is 2.16. The maximum absolute atomic E-state index is 12.0. The quantitative estimate of drug-likeness (QED) is 0.853. The van der Waals surface area contributed by atoms with Crippen LogP contribution in [0, 0.1) is 6.92 Å². The molecule has 1 saturated heterocycles. The summed E-state index contributed by atoms with van der Waals surface area (Å²) in [6.07, 6.45) is 1.02. The van der Waals surface area contributed by atoms with Gasteiger partial charge in [0, 0.05) is 25.2 Å². The van der Waals surface area contributed by atoms with Crippen LogP contribution in [0.4, 0.5) is 11.4 Å². The number of rotatable bonds is 5. The first-order chi connectivity index (χ1) is 9.94. The fraction of sp³-hybridized carbons (Fsp3) is 0.500. The standard InChI is InChI=1S/C14H21N3O3S/c1-11-4-5-12(16-14(18)6-7-15-2)10-13(11)17-8-3-9-21(17,19)20/h4-5,10,15H,3,6-9H2,1-2H3,(H,16,18). The van der Waals surface area contributed by atoms with E-state index in [9.17, 15) is 13.2 Å². The molecule has 2 N–H and O–H groups in total. The highest BCUT2D eigenvalue weighted by atomic mass is 32.2. The normalized spacial score (nSPS) is 17.0. The van der Waals surface area contributed by atoms with Crippen molar-refractivity contribution < 1.29 is 13.2 Å². The molecule has 1 aliphatic rings. The van der Waals surface area contributed by atoms with Crippen molar-refractivity contribution in [1.29, 1.82) is 0 Å². The van der Waals surface area contributed by atoms with E-state index in [1.807, 2.05) is 13.0 Å². The molecule has 1 amide bonds. The first-order valence-corrected chi connectivity index (χ1v) is 8.60. The number of hydrogen-bond donors (Lipinski definition) is 2. The van der Waals surface area contributed by atoms with E-state index in [0.29, 0.717) is 37.3 Å². The van der Waals surface area contributed by atoms with E-state index >= 15 is 0 Å². The second-order valence-electron chi connectivity index (χ2n) is 5.14. The van der Waals surface area contributed by atoms with Crippen molar-refractivity contribution in [3.63, 3.8) is 0 Å². The zero-order valence-corrected chi connectivity index (χ0v) is 13.2. The Balaban J connectivity index is 2.20. The molecule has 1 fully saturated rings. The van der Waals surface area contributed by atoms with Gasteiger partial charge in [-0.3, -0.25) is 9.10 Å². The molecule has 1 aromatic carbocycles. The Bertz CT molecular complexity index is 628. The average Bonchev–Trinajstić information content (AvgIpc) is 2.78. The molecule has 116 valence electrons. The summed E-state index contributed by atoms with van der Waals surface area (Å²) in [7, 11) is -1.42. The van der Waals surface area contributed by atoms with Gasteiger partial charge in [0.1, 0.15) is 0 Å². The largest absolute Gasteiger partial charge is 0.326 e. The zero-order valence-electron chi connectivity index (χ0n) is 12.3. The van der Waals surface area contributed by atoms with Gasteiger partial charge in [0.2, 0.25) is 15.9 Å². The Hall–Kier alpha value is -1.60. The third-order valence-electron chi connectivity index (χ3n) is 3.46. The van der Waals surface area contributed by atoms with Crippen LogP contribution in [0.1, 0.15) is 18.4 Å². The molecule has 1 aliphatic heterocycles. The Labute approximate surface area is 125 Å². The summed E-state index contributed by atoms with van der Waals surface area (Å²) in [4.78, 5) is 11.7. The molecule has 1 aromatic rings. The number of carbonyl (C=O) groups excluding carboxylic acids is 1. The predicted octanol–water partition coefficient (Wildman–Crippen LogP) is 1.08. The lowest BCUT2D eigenvalue weighted by Gasteiger charge is -2.20. The maximum Gasteiger partial charge on any atom is 0.235 e. The molecule has 0 spiro atoms. The molecular weight excluding hydrogens is 290 g/mol. The van der Waals surface area contributed by atoms with Gasteiger partial charge in [-0.05, 0) is 38.1 Å². The highest BCUT2D eigenvalue weighted by Crippen LogP contribution is 2.29. The van der Waals surface area contributed by atoms with Crippen LogP contribution < -0.4 is 14.9 Å². The third-order valence-corrected chi connectivity index (χ3v) is 5.32. The van der Waals surface area contributed by atoms with E-state index in [1.165, 1.54) is 4.31 Å². The lowest BCUT2D eigenvalue weighted by Crippen LogP contribution is -2.26. The molecule has 6 nitrogen and oxygen atoms in total. The summed E-state index contributed by atoms with van der Waals surface area (Å²) in [5.74, 6) is 0.0917. The number of nitrogens with one attached hydrogen (secondary N) is 2. The van der Waals surface area contributed by atoms with E-state index in [-0.39, 0.29) is 11.7 Å². The summed E-state index contributed by atoms with van der Waals surface area (Å²) in [5, 5.41) is 5.71. The fourth-order valence-corrected chi connectivity index (χ4v) is 3.95. The van der Waals surface area contributed by atoms with Gasteiger partial charge in [-0.15, -0.1) is 0 Å². The van der Waals surface area contributed by atoms with Crippen molar-refractivity contribution in [1.82, 2.24) is 5.32 Å². The van der Waals surface area contributed by atoms with Crippen LogP contribution in [0.3, 0.4) is 0 Å². The van der Waals surface area contributed by atoms with Crippen LogP contribution in [0.5, 0.6) is 0 Å². The lowest BCUT2D eigenvalue weighted by molar-refractivity contribution is -0.116. The summed E-state index contributed by atoms with van der Waals surface area (Å²) >= 11 is 0.